The first-order valence-electron chi connectivity index (χ1n) is 15.4. The minimum absolute atomic E-state index is 0.0551. The molecule has 0 bridgehead atoms. The van der Waals surface area contributed by atoms with Crippen molar-refractivity contribution in [1.82, 2.24) is 15.1 Å². The summed E-state index contributed by atoms with van der Waals surface area (Å²) in [5.41, 5.74) is 2.45. The second kappa shape index (κ2) is 16.0. The standard InChI is InChI=1S/C34H46F3N3O3/c1-24(2)29(31(41)34(35,36)37)38-32(42)28-20-13-23-40(28)33(43)30(25(3)4)39(21-11-18-26-14-7-5-8-15-26)22-12-19-27-16-9-6-10-17-27/h5-10,14-17,24-25,28-30H,11-13,18-23H2,1-4H3,(H,38,42)/t28-,29?,30-/m0/s1. The van der Waals surface area contributed by atoms with Gasteiger partial charge in [-0.3, -0.25) is 19.3 Å². The third-order valence-electron chi connectivity index (χ3n) is 8.15. The molecule has 2 amide bonds. The third kappa shape index (κ3) is 9.91. The van der Waals surface area contributed by atoms with Gasteiger partial charge in [0.05, 0.1) is 12.1 Å². The SMILES string of the molecule is CC(C)C(NC(=O)[C@@H]1CCCN1C(=O)[C@H](C(C)C)N(CCCc1ccccc1)CCCc1ccccc1)C(=O)C(F)(F)F. The summed E-state index contributed by atoms with van der Waals surface area (Å²) >= 11 is 0. The second-order valence-electron chi connectivity index (χ2n) is 12.2. The molecule has 3 atom stereocenters. The average Bonchev–Trinajstić information content (AvgIpc) is 3.46. The van der Waals surface area contributed by atoms with Crippen LogP contribution in [0.15, 0.2) is 60.7 Å². The number of aryl methyl sites for hydroxylation is 2. The molecular formula is C34H46F3N3O3. The molecule has 2 aromatic rings. The van der Waals surface area contributed by atoms with Crippen LogP contribution in [-0.2, 0) is 27.2 Å². The Hall–Kier alpha value is -3.20. The summed E-state index contributed by atoms with van der Waals surface area (Å²) in [5.74, 6) is -3.67. The Morgan fingerprint density at radius 3 is 1.81 bits per heavy atom. The molecule has 0 aliphatic carbocycles. The lowest BCUT2D eigenvalue weighted by molar-refractivity contribution is -0.175. The van der Waals surface area contributed by atoms with Crippen LogP contribution in [0, 0.1) is 11.8 Å². The van der Waals surface area contributed by atoms with E-state index in [-0.39, 0.29) is 11.8 Å². The van der Waals surface area contributed by atoms with Crippen LogP contribution in [0.1, 0.15) is 64.5 Å². The number of ketones is 1. The summed E-state index contributed by atoms with van der Waals surface area (Å²) in [6, 6.07) is 17.3. The fourth-order valence-electron chi connectivity index (χ4n) is 5.95. The first-order chi connectivity index (χ1) is 20.4. The van der Waals surface area contributed by atoms with Crippen LogP contribution in [0.5, 0.6) is 0 Å². The Morgan fingerprint density at radius 1 is 0.860 bits per heavy atom. The lowest BCUT2D eigenvalue weighted by Crippen LogP contribution is -2.58. The monoisotopic (exact) mass is 601 g/mol. The first kappa shape index (κ1) is 34.3. The molecule has 1 saturated heterocycles. The Balaban J connectivity index is 1.77. The van der Waals surface area contributed by atoms with Crippen molar-refractivity contribution in [3.8, 4) is 0 Å². The highest BCUT2D eigenvalue weighted by Gasteiger charge is 2.47. The average molecular weight is 602 g/mol. The lowest BCUT2D eigenvalue weighted by Gasteiger charge is -2.38. The van der Waals surface area contributed by atoms with E-state index in [4.69, 9.17) is 0 Å². The van der Waals surface area contributed by atoms with E-state index in [1.165, 1.54) is 29.9 Å². The summed E-state index contributed by atoms with van der Waals surface area (Å²) in [4.78, 5) is 43.2. The van der Waals surface area contributed by atoms with Gasteiger partial charge in [-0.15, -0.1) is 0 Å². The third-order valence-corrected chi connectivity index (χ3v) is 8.15. The van der Waals surface area contributed by atoms with Crippen molar-refractivity contribution >= 4 is 17.6 Å². The molecule has 3 rings (SSSR count). The maximum Gasteiger partial charge on any atom is 0.452 e. The number of carbonyl (C=O) groups excluding carboxylic acids is 3. The van der Waals surface area contributed by atoms with Gasteiger partial charge in [-0.25, -0.2) is 0 Å². The number of Topliss-reactive ketones (excluding diaryl/α,β-unsaturated/α-hetero) is 1. The fraction of sp³-hybridized carbons (Fsp3) is 0.559. The number of carbonyl (C=O) groups is 3. The Morgan fingerprint density at radius 2 is 1.37 bits per heavy atom. The molecule has 43 heavy (non-hydrogen) atoms. The van der Waals surface area contributed by atoms with E-state index in [9.17, 15) is 27.6 Å². The van der Waals surface area contributed by atoms with E-state index in [0.717, 1.165) is 25.7 Å². The second-order valence-corrected chi connectivity index (χ2v) is 12.2. The normalized spacial score (nSPS) is 17.0. The number of nitrogens with one attached hydrogen (secondary N) is 1. The van der Waals surface area contributed by atoms with Gasteiger partial charge in [0.25, 0.3) is 5.78 Å². The van der Waals surface area contributed by atoms with Crippen LogP contribution < -0.4 is 5.32 Å². The molecule has 1 aliphatic rings. The molecule has 9 heteroatoms. The number of hydrogen-bond donors (Lipinski definition) is 1. The van der Waals surface area contributed by atoms with Crippen LogP contribution >= 0.6 is 0 Å². The van der Waals surface area contributed by atoms with E-state index in [1.54, 1.807) is 0 Å². The minimum Gasteiger partial charge on any atom is -0.344 e. The van der Waals surface area contributed by atoms with Gasteiger partial charge in [-0.1, -0.05) is 88.4 Å². The number of amides is 2. The fourth-order valence-corrected chi connectivity index (χ4v) is 5.95. The summed E-state index contributed by atoms with van der Waals surface area (Å²) in [6.45, 7) is 8.64. The Kier molecular flexibility index (Phi) is 12.8. The molecule has 0 saturated carbocycles. The summed E-state index contributed by atoms with van der Waals surface area (Å²) in [5, 5.41) is 2.34. The highest BCUT2D eigenvalue weighted by molar-refractivity contribution is 5.96. The molecule has 0 spiro atoms. The minimum atomic E-state index is -5.06. The largest absolute Gasteiger partial charge is 0.452 e. The maximum absolute atomic E-state index is 14.2. The number of nitrogens with zero attached hydrogens (tertiary/aromatic N) is 2. The molecule has 1 N–H and O–H groups in total. The van der Waals surface area contributed by atoms with E-state index in [1.807, 2.05) is 50.2 Å². The van der Waals surface area contributed by atoms with E-state index >= 15 is 0 Å². The molecule has 236 valence electrons. The van der Waals surface area contributed by atoms with Crippen LogP contribution in [0.25, 0.3) is 0 Å². The Labute approximate surface area is 254 Å². The zero-order valence-electron chi connectivity index (χ0n) is 25.8. The molecular weight excluding hydrogens is 555 g/mol. The molecule has 0 aromatic heterocycles. The number of halogens is 3. The molecule has 1 unspecified atom stereocenters. The van der Waals surface area contributed by atoms with Gasteiger partial charge >= 0.3 is 6.18 Å². The van der Waals surface area contributed by atoms with Gasteiger partial charge in [0, 0.05) is 6.54 Å². The Bertz CT molecular complexity index is 1130. The molecule has 2 aromatic carbocycles. The number of rotatable bonds is 15. The predicted molar refractivity (Wildman–Crippen MR) is 162 cm³/mol. The zero-order valence-corrected chi connectivity index (χ0v) is 25.8. The summed E-state index contributed by atoms with van der Waals surface area (Å²) in [7, 11) is 0. The van der Waals surface area contributed by atoms with Crippen LogP contribution in [-0.4, -0.2) is 71.3 Å². The number of benzene rings is 2. The number of hydrogen-bond acceptors (Lipinski definition) is 4. The number of alkyl halides is 3. The van der Waals surface area contributed by atoms with Crippen molar-refractivity contribution in [3.05, 3.63) is 71.8 Å². The topological polar surface area (TPSA) is 69.7 Å². The van der Waals surface area contributed by atoms with Gasteiger partial charge in [-0.2, -0.15) is 13.2 Å². The summed E-state index contributed by atoms with van der Waals surface area (Å²) < 4.78 is 39.7. The molecule has 1 heterocycles. The van der Waals surface area contributed by atoms with Crippen molar-refractivity contribution in [2.75, 3.05) is 19.6 Å². The van der Waals surface area contributed by atoms with Crippen LogP contribution in [0.2, 0.25) is 0 Å². The number of likely N-dealkylation sites (tertiary alicyclic amines) is 1. The summed E-state index contributed by atoms with van der Waals surface area (Å²) in [6.07, 6.45) is -0.709. The highest BCUT2D eigenvalue weighted by Crippen LogP contribution is 2.26. The highest BCUT2D eigenvalue weighted by atomic mass is 19.4. The van der Waals surface area contributed by atoms with Crippen molar-refractivity contribution in [2.45, 2.75) is 90.5 Å². The zero-order chi connectivity index (χ0) is 31.6. The van der Waals surface area contributed by atoms with Crippen molar-refractivity contribution < 1.29 is 27.6 Å². The van der Waals surface area contributed by atoms with Crippen LogP contribution in [0.4, 0.5) is 13.2 Å². The quantitative estimate of drug-likeness (QED) is 0.279. The molecule has 1 aliphatic heterocycles. The van der Waals surface area contributed by atoms with E-state index < -0.39 is 41.9 Å². The molecule has 0 radical (unpaired) electrons. The molecule has 6 nitrogen and oxygen atoms in total. The lowest BCUT2D eigenvalue weighted by atomic mass is 9.97. The smallest absolute Gasteiger partial charge is 0.344 e. The van der Waals surface area contributed by atoms with Crippen molar-refractivity contribution in [3.63, 3.8) is 0 Å². The van der Waals surface area contributed by atoms with Gasteiger partial charge < -0.3 is 10.2 Å². The maximum atomic E-state index is 14.2. The molecule has 1 fully saturated rings. The van der Waals surface area contributed by atoms with Gasteiger partial charge in [0.2, 0.25) is 11.8 Å². The van der Waals surface area contributed by atoms with Crippen molar-refractivity contribution in [2.24, 2.45) is 11.8 Å². The predicted octanol–water partition coefficient (Wildman–Crippen LogP) is 5.84. The van der Waals surface area contributed by atoms with Crippen LogP contribution in [0.3, 0.4) is 0 Å². The van der Waals surface area contributed by atoms with Gasteiger partial charge in [-0.05, 0) is 74.6 Å². The van der Waals surface area contributed by atoms with Gasteiger partial charge in [0.1, 0.15) is 6.04 Å². The van der Waals surface area contributed by atoms with E-state index in [2.05, 4.69) is 34.5 Å². The van der Waals surface area contributed by atoms with E-state index in [0.29, 0.717) is 32.5 Å². The first-order valence-corrected chi connectivity index (χ1v) is 15.4. The van der Waals surface area contributed by atoms with Crippen molar-refractivity contribution in [1.29, 1.82) is 0 Å². The van der Waals surface area contributed by atoms with Gasteiger partial charge in [0.15, 0.2) is 0 Å².